The van der Waals surface area contributed by atoms with Crippen LogP contribution in [0.15, 0.2) is 65.0 Å². The maximum atomic E-state index is 13.0. The van der Waals surface area contributed by atoms with Crippen LogP contribution in [0.25, 0.3) is 11.1 Å². The number of aliphatic carboxylic acids is 1. The maximum Gasteiger partial charge on any atom is 0.326 e. The van der Waals surface area contributed by atoms with E-state index in [2.05, 4.69) is 15.0 Å². The van der Waals surface area contributed by atoms with E-state index in [-0.39, 0.29) is 0 Å². The summed E-state index contributed by atoms with van der Waals surface area (Å²) in [6.07, 6.45) is 3.84. The van der Waals surface area contributed by atoms with Crippen molar-refractivity contribution >= 4 is 61.3 Å². The van der Waals surface area contributed by atoms with E-state index in [0.29, 0.717) is 33.3 Å². The lowest BCUT2D eigenvalue weighted by Crippen LogP contribution is -2.41. The fourth-order valence-corrected chi connectivity index (χ4v) is 6.13. The van der Waals surface area contributed by atoms with Crippen molar-refractivity contribution in [1.29, 1.82) is 0 Å². The van der Waals surface area contributed by atoms with E-state index in [0.717, 1.165) is 16.4 Å². The molecular weight excluding hydrogens is 487 g/mol. The van der Waals surface area contributed by atoms with Gasteiger partial charge in [-0.3, -0.25) is 4.79 Å². The molecule has 0 aliphatic rings. The minimum atomic E-state index is -1.47. The molecule has 2 aromatic carbocycles. The minimum absolute atomic E-state index is 0.332. The fraction of sp³-hybridized carbons (Fsp3) is 0.190. The number of rotatable bonds is 11. The average Bonchev–Trinajstić information content (AvgIpc) is 3.29. The number of nitrogens with one attached hydrogen (secondary N) is 2. The van der Waals surface area contributed by atoms with Crippen LogP contribution in [0, 0.1) is 0 Å². The molecule has 1 unspecified atom stereocenters. The molecule has 32 heavy (non-hydrogen) atoms. The standard InChI is InChI=1S/C21H21N3O4S4/c1-29-11-9-18(20(26)27)23-19(25)16-8-7-15(13-17(16)14-5-3-2-4-6-14)31-32(28)24-21-22-10-12-30-21/h2-8,10,12-13,18H,9,11H2,1H3,(H,22,24)(H,23,25)(H,26,27)/t18-,32?/m0/s1. The summed E-state index contributed by atoms with van der Waals surface area (Å²) in [6, 6.07) is 13.5. The second kappa shape index (κ2) is 12.2. The van der Waals surface area contributed by atoms with Crippen molar-refractivity contribution in [3.63, 3.8) is 0 Å². The first-order valence-electron chi connectivity index (χ1n) is 9.46. The van der Waals surface area contributed by atoms with Crippen molar-refractivity contribution in [2.24, 2.45) is 0 Å². The number of thioether (sulfide) groups is 1. The van der Waals surface area contributed by atoms with E-state index < -0.39 is 28.3 Å². The average molecular weight is 508 g/mol. The number of amides is 1. The number of carbonyl (C=O) groups excluding carboxylic acids is 1. The fourth-order valence-electron chi connectivity index (χ4n) is 2.81. The summed E-state index contributed by atoms with van der Waals surface area (Å²) in [4.78, 5) is 29.3. The van der Waals surface area contributed by atoms with E-state index in [1.807, 2.05) is 36.6 Å². The predicted molar refractivity (Wildman–Crippen MR) is 134 cm³/mol. The molecule has 168 valence electrons. The Hall–Kier alpha value is -2.18. The Labute approximate surface area is 201 Å². The van der Waals surface area contributed by atoms with Crippen LogP contribution in [-0.4, -0.2) is 44.6 Å². The molecule has 0 aliphatic carbocycles. The van der Waals surface area contributed by atoms with Gasteiger partial charge in [0.2, 0.25) is 5.13 Å². The van der Waals surface area contributed by atoms with Gasteiger partial charge in [-0.2, -0.15) is 16.5 Å². The van der Waals surface area contributed by atoms with E-state index in [4.69, 9.17) is 0 Å². The quantitative estimate of drug-likeness (QED) is 0.256. The Balaban J connectivity index is 1.85. The lowest BCUT2D eigenvalue weighted by Gasteiger charge is -2.16. The molecule has 1 amide bonds. The van der Waals surface area contributed by atoms with Gasteiger partial charge in [0.05, 0.1) is 4.90 Å². The molecule has 3 N–H and O–H groups in total. The summed E-state index contributed by atoms with van der Waals surface area (Å²) in [5.41, 5.74) is 1.79. The van der Waals surface area contributed by atoms with E-state index in [1.54, 1.807) is 29.8 Å². The van der Waals surface area contributed by atoms with Crippen LogP contribution in [0.3, 0.4) is 0 Å². The van der Waals surface area contributed by atoms with E-state index in [9.17, 15) is 19.2 Å². The second-order valence-corrected chi connectivity index (χ2v) is 11.1. The van der Waals surface area contributed by atoms with Gasteiger partial charge in [-0.25, -0.2) is 9.78 Å². The van der Waals surface area contributed by atoms with Crippen LogP contribution in [0.5, 0.6) is 0 Å². The van der Waals surface area contributed by atoms with Crippen LogP contribution < -0.4 is 10.0 Å². The van der Waals surface area contributed by atoms with Crippen molar-refractivity contribution in [2.75, 3.05) is 16.7 Å². The topological polar surface area (TPSA) is 114 Å². The Morgan fingerprint density at radius 3 is 2.69 bits per heavy atom. The lowest BCUT2D eigenvalue weighted by molar-refractivity contribution is -0.139. The first-order valence-corrected chi connectivity index (χ1v) is 14.2. The van der Waals surface area contributed by atoms with Gasteiger partial charge in [-0.15, -0.1) is 11.3 Å². The highest BCUT2D eigenvalue weighted by Crippen LogP contribution is 2.33. The normalized spacial score (nSPS) is 12.7. The summed E-state index contributed by atoms with van der Waals surface area (Å²) in [7, 11) is -0.367. The largest absolute Gasteiger partial charge is 0.581 e. The van der Waals surface area contributed by atoms with Crippen molar-refractivity contribution in [2.45, 2.75) is 17.4 Å². The van der Waals surface area contributed by atoms with Crippen molar-refractivity contribution < 1.29 is 19.2 Å². The van der Waals surface area contributed by atoms with Crippen LogP contribution in [0.4, 0.5) is 5.13 Å². The molecule has 0 bridgehead atoms. The van der Waals surface area contributed by atoms with Crippen molar-refractivity contribution in [3.8, 4) is 11.1 Å². The third kappa shape index (κ3) is 6.91. The van der Waals surface area contributed by atoms with Crippen LogP contribution in [0.1, 0.15) is 16.8 Å². The third-order valence-electron chi connectivity index (χ3n) is 4.31. The summed E-state index contributed by atoms with van der Waals surface area (Å²) >= 11 is 2.87. The molecule has 0 fully saturated rings. The van der Waals surface area contributed by atoms with E-state index >= 15 is 0 Å². The Morgan fingerprint density at radius 1 is 1.25 bits per heavy atom. The Bertz CT molecular complexity index is 1030. The molecule has 0 saturated heterocycles. The van der Waals surface area contributed by atoms with Gasteiger partial charge in [0.25, 0.3) is 5.91 Å². The summed E-state index contributed by atoms with van der Waals surface area (Å²) in [5.74, 6) is -0.906. The Kier molecular flexibility index (Phi) is 9.30. The van der Waals surface area contributed by atoms with E-state index in [1.165, 1.54) is 23.1 Å². The van der Waals surface area contributed by atoms with Gasteiger partial charge >= 0.3 is 5.97 Å². The smallest absolute Gasteiger partial charge is 0.326 e. The second-order valence-electron chi connectivity index (χ2n) is 6.48. The van der Waals surface area contributed by atoms with Crippen LogP contribution in [-0.2, 0) is 15.2 Å². The number of carboxylic acid groups (broad SMARTS) is 1. The molecule has 3 rings (SSSR count). The SMILES string of the molecule is CSCC[C@H](NC(=O)c1ccc(S[S+]([O-])Nc2nccs2)cc1-c1ccccc1)C(=O)O. The van der Waals surface area contributed by atoms with Gasteiger partial charge in [0.15, 0.2) is 10.8 Å². The monoisotopic (exact) mass is 507 g/mol. The molecule has 3 aromatic rings. The Morgan fingerprint density at radius 2 is 2.03 bits per heavy atom. The van der Waals surface area contributed by atoms with Gasteiger partial charge in [-0.1, -0.05) is 30.3 Å². The summed E-state index contributed by atoms with van der Waals surface area (Å²) in [5, 5.41) is 14.4. The molecule has 0 saturated carbocycles. The van der Waals surface area contributed by atoms with Gasteiger partial charge in [0.1, 0.15) is 16.4 Å². The highest BCUT2D eigenvalue weighted by molar-refractivity contribution is 8.72. The zero-order chi connectivity index (χ0) is 22.9. The number of hydrogen-bond acceptors (Lipinski definition) is 8. The first-order chi connectivity index (χ1) is 15.5. The number of benzene rings is 2. The molecule has 0 radical (unpaired) electrons. The molecule has 7 nitrogen and oxygen atoms in total. The van der Waals surface area contributed by atoms with Gasteiger partial charge < -0.3 is 15.0 Å². The van der Waals surface area contributed by atoms with Crippen LogP contribution in [0.2, 0.25) is 0 Å². The third-order valence-corrected chi connectivity index (χ3v) is 8.01. The molecule has 1 heterocycles. The number of hydrogen-bond donors (Lipinski definition) is 3. The van der Waals surface area contributed by atoms with Crippen LogP contribution >= 0.6 is 33.9 Å². The number of nitrogens with zero attached hydrogens (tertiary/aromatic N) is 1. The number of thiazole rings is 1. The number of carboxylic acids is 1. The molecule has 0 aliphatic heterocycles. The first kappa shape index (κ1) is 24.5. The predicted octanol–water partition coefficient (Wildman–Crippen LogP) is 4.53. The summed E-state index contributed by atoms with van der Waals surface area (Å²) in [6.45, 7) is 0. The summed E-state index contributed by atoms with van der Waals surface area (Å²) < 4.78 is 15.3. The van der Waals surface area contributed by atoms with Crippen molar-refractivity contribution in [3.05, 3.63) is 65.7 Å². The van der Waals surface area contributed by atoms with Gasteiger partial charge in [0, 0.05) is 17.1 Å². The molecule has 2 atom stereocenters. The minimum Gasteiger partial charge on any atom is -0.581 e. The number of anilines is 1. The van der Waals surface area contributed by atoms with Crippen molar-refractivity contribution in [1.82, 2.24) is 10.3 Å². The molecule has 0 spiro atoms. The maximum absolute atomic E-state index is 13.0. The number of carbonyl (C=O) groups is 2. The number of aromatic nitrogens is 1. The highest BCUT2D eigenvalue weighted by Gasteiger charge is 2.23. The molecule has 1 aromatic heterocycles. The lowest BCUT2D eigenvalue weighted by atomic mass is 9.99. The zero-order valence-electron chi connectivity index (χ0n) is 17.0. The molecular formula is C21H21N3O4S4. The van der Waals surface area contributed by atoms with Gasteiger partial charge in [-0.05, 0) is 47.8 Å². The molecule has 11 heteroatoms. The highest BCUT2D eigenvalue weighted by atomic mass is 33.1. The zero-order valence-corrected chi connectivity index (χ0v) is 20.3.